The second kappa shape index (κ2) is 7.99. The van der Waals surface area contributed by atoms with Crippen LogP contribution in [0.2, 0.25) is 0 Å². The van der Waals surface area contributed by atoms with E-state index in [2.05, 4.69) is 23.5 Å². The van der Waals surface area contributed by atoms with E-state index >= 15 is 0 Å². The molecule has 0 aliphatic rings. The molecule has 0 radical (unpaired) electrons. The van der Waals surface area contributed by atoms with E-state index in [1.165, 1.54) is 21.3 Å². The van der Waals surface area contributed by atoms with Gasteiger partial charge in [0.25, 0.3) is 5.91 Å². The third-order valence-corrected chi connectivity index (χ3v) is 4.56. The minimum Gasteiger partial charge on any atom is -0.493 e. The Morgan fingerprint density at radius 1 is 0.889 bits per heavy atom. The lowest BCUT2D eigenvalue weighted by Gasteiger charge is -2.18. The zero-order valence-electron chi connectivity index (χ0n) is 15.9. The quantitative estimate of drug-likeness (QED) is 0.705. The van der Waals surface area contributed by atoms with Gasteiger partial charge in [0.15, 0.2) is 11.5 Å². The van der Waals surface area contributed by atoms with Gasteiger partial charge in [0.1, 0.15) is 0 Å². The molecule has 1 N–H and O–H groups in total. The van der Waals surface area contributed by atoms with Gasteiger partial charge in [-0.15, -0.1) is 0 Å². The lowest BCUT2D eigenvalue weighted by atomic mass is 9.99. The van der Waals surface area contributed by atoms with Crippen molar-refractivity contribution >= 4 is 16.7 Å². The van der Waals surface area contributed by atoms with Crippen LogP contribution in [-0.4, -0.2) is 27.2 Å². The molecule has 0 saturated carbocycles. The number of nitrogens with one attached hydrogen (secondary N) is 1. The van der Waals surface area contributed by atoms with Gasteiger partial charge in [0.2, 0.25) is 5.75 Å². The Morgan fingerprint density at radius 3 is 2.15 bits per heavy atom. The summed E-state index contributed by atoms with van der Waals surface area (Å²) in [6.07, 6.45) is 0. The number of rotatable bonds is 6. The lowest BCUT2D eigenvalue weighted by Crippen LogP contribution is -2.26. The SMILES string of the molecule is COc1cc(C(=O)N[C@H](C)c2cccc3ccccc23)cc(OC)c1OC. The van der Waals surface area contributed by atoms with E-state index in [0.29, 0.717) is 22.8 Å². The van der Waals surface area contributed by atoms with Gasteiger partial charge >= 0.3 is 0 Å². The minimum absolute atomic E-state index is 0.164. The first-order chi connectivity index (χ1) is 13.1. The fraction of sp³-hybridized carbons (Fsp3) is 0.227. The minimum atomic E-state index is -0.213. The number of ether oxygens (including phenoxy) is 3. The van der Waals surface area contributed by atoms with Gasteiger partial charge in [-0.1, -0.05) is 42.5 Å². The molecule has 0 saturated heterocycles. The zero-order chi connectivity index (χ0) is 19.4. The molecule has 27 heavy (non-hydrogen) atoms. The number of hydrogen-bond donors (Lipinski definition) is 1. The first kappa shape index (κ1) is 18.6. The predicted molar refractivity (Wildman–Crippen MR) is 106 cm³/mol. The summed E-state index contributed by atoms with van der Waals surface area (Å²) in [6, 6.07) is 17.3. The summed E-state index contributed by atoms with van der Waals surface area (Å²) >= 11 is 0. The van der Waals surface area contributed by atoms with E-state index in [-0.39, 0.29) is 11.9 Å². The Balaban J connectivity index is 1.90. The fourth-order valence-corrected chi connectivity index (χ4v) is 3.20. The van der Waals surface area contributed by atoms with Gasteiger partial charge < -0.3 is 19.5 Å². The third kappa shape index (κ3) is 3.67. The summed E-state index contributed by atoms with van der Waals surface area (Å²) in [5.74, 6) is 1.13. The van der Waals surface area contributed by atoms with Crippen molar-refractivity contribution in [3.8, 4) is 17.2 Å². The smallest absolute Gasteiger partial charge is 0.252 e. The van der Waals surface area contributed by atoms with Gasteiger partial charge in [0.05, 0.1) is 27.4 Å². The number of benzene rings is 3. The highest BCUT2D eigenvalue weighted by molar-refractivity contribution is 5.96. The average Bonchev–Trinajstić information content (AvgIpc) is 2.71. The van der Waals surface area contributed by atoms with Gasteiger partial charge in [0, 0.05) is 5.56 Å². The maximum atomic E-state index is 12.8. The van der Waals surface area contributed by atoms with E-state index in [9.17, 15) is 4.79 Å². The van der Waals surface area contributed by atoms with Gasteiger partial charge in [-0.3, -0.25) is 4.79 Å². The van der Waals surface area contributed by atoms with Gasteiger partial charge in [-0.25, -0.2) is 0 Å². The normalized spacial score (nSPS) is 11.7. The molecule has 5 heteroatoms. The van der Waals surface area contributed by atoms with Crippen LogP contribution in [0.15, 0.2) is 54.6 Å². The molecule has 3 aromatic carbocycles. The summed E-state index contributed by atoms with van der Waals surface area (Å²) < 4.78 is 16.0. The molecule has 0 aromatic heterocycles. The molecule has 0 bridgehead atoms. The van der Waals surface area contributed by atoms with E-state index in [0.717, 1.165) is 16.3 Å². The van der Waals surface area contributed by atoms with Crippen molar-refractivity contribution in [3.05, 3.63) is 65.7 Å². The van der Waals surface area contributed by atoms with Crippen LogP contribution in [0, 0.1) is 0 Å². The molecule has 0 aliphatic carbocycles. The summed E-state index contributed by atoms with van der Waals surface area (Å²) in [5, 5.41) is 5.32. The molecule has 5 nitrogen and oxygen atoms in total. The number of methoxy groups -OCH3 is 3. The van der Waals surface area contributed by atoms with Crippen molar-refractivity contribution < 1.29 is 19.0 Å². The second-order valence-corrected chi connectivity index (χ2v) is 6.18. The van der Waals surface area contributed by atoms with Crippen LogP contribution in [-0.2, 0) is 0 Å². The largest absolute Gasteiger partial charge is 0.493 e. The molecule has 0 spiro atoms. The topological polar surface area (TPSA) is 56.8 Å². The summed E-state index contributed by atoms with van der Waals surface area (Å²) in [5.41, 5.74) is 1.51. The summed E-state index contributed by atoms with van der Waals surface area (Å²) in [6.45, 7) is 1.97. The van der Waals surface area contributed by atoms with Crippen molar-refractivity contribution in [2.24, 2.45) is 0 Å². The van der Waals surface area contributed by atoms with Crippen LogP contribution in [0.3, 0.4) is 0 Å². The van der Waals surface area contributed by atoms with Crippen LogP contribution < -0.4 is 19.5 Å². The van der Waals surface area contributed by atoms with E-state index in [1.54, 1.807) is 12.1 Å². The summed E-state index contributed by atoms with van der Waals surface area (Å²) in [7, 11) is 4.58. The van der Waals surface area contributed by atoms with Crippen molar-refractivity contribution in [1.29, 1.82) is 0 Å². The van der Waals surface area contributed by atoms with Crippen LogP contribution in [0.25, 0.3) is 10.8 Å². The highest BCUT2D eigenvalue weighted by atomic mass is 16.5. The second-order valence-electron chi connectivity index (χ2n) is 6.18. The Kier molecular flexibility index (Phi) is 5.50. The molecule has 3 rings (SSSR count). The highest BCUT2D eigenvalue weighted by Gasteiger charge is 2.19. The van der Waals surface area contributed by atoms with Crippen LogP contribution >= 0.6 is 0 Å². The molecule has 0 fully saturated rings. The molecule has 0 aliphatic heterocycles. The molecule has 140 valence electrons. The zero-order valence-corrected chi connectivity index (χ0v) is 15.9. The number of amides is 1. The molecular weight excluding hydrogens is 342 g/mol. The maximum Gasteiger partial charge on any atom is 0.252 e. The molecule has 0 unspecified atom stereocenters. The Morgan fingerprint density at radius 2 is 1.52 bits per heavy atom. The Bertz CT molecular complexity index is 937. The third-order valence-electron chi connectivity index (χ3n) is 4.56. The van der Waals surface area contributed by atoms with Crippen molar-refractivity contribution in [1.82, 2.24) is 5.32 Å². The Labute approximate surface area is 158 Å². The molecule has 1 atom stereocenters. The fourth-order valence-electron chi connectivity index (χ4n) is 3.20. The monoisotopic (exact) mass is 365 g/mol. The van der Waals surface area contributed by atoms with Crippen molar-refractivity contribution in [3.63, 3.8) is 0 Å². The standard InChI is InChI=1S/C22H23NO4/c1-14(17-11-7-9-15-8-5-6-10-18(15)17)23-22(24)16-12-19(25-2)21(27-4)20(13-16)26-3/h5-14H,1-4H3,(H,23,24)/t14-/m1/s1. The average molecular weight is 365 g/mol. The van der Waals surface area contributed by atoms with Crippen LogP contribution in [0.5, 0.6) is 17.2 Å². The lowest BCUT2D eigenvalue weighted by molar-refractivity contribution is 0.0939. The number of carbonyl (C=O) groups is 1. The first-order valence-electron chi connectivity index (χ1n) is 8.67. The number of fused-ring (bicyclic) bond motifs is 1. The molecule has 3 aromatic rings. The molecule has 1 amide bonds. The van der Waals surface area contributed by atoms with E-state index in [1.807, 2.05) is 31.2 Å². The first-order valence-corrected chi connectivity index (χ1v) is 8.67. The maximum absolute atomic E-state index is 12.8. The number of carbonyl (C=O) groups excluding carboxylic acids is 1. The van der Waals surface area contributed by atoms with Crippen molar-refractivity contribution in [2.75, 3.05) is 21.3 Å². The number of hydrogen-bond acceptors (Lipinski definition) is 4. The van der Waals surface area contributed by atoms with Gasteiger partial charge in [-0.05, 0) is 35.4 Å². The van der Waals surface area contributed by atoms with Gasteiger partial charge in [-0.2, -0.15) is 0 Å². The Hall–Kier alpha value is -3.21. The van der Waals surface area contributed by atoms with E-state index in [4.69, 9.17) is 14.2 Å². The van der Waals surface area contributed by atoms with Crippen molar-refractivity contribution in [2.45, 2.75) is 13.0 Å². The van der Waals surface area contributed by atoms with Crippen LogP contribution in [0.4, 0.5) is 0 Å². The molecular formula is C22H23NO4. The predicted octanol–water partition coefficient (Wildman–Crippen LogP) is 4.36. The van der Waals surface area contributed by atoms with Crippen LogP contribution in [0.1, 0.15) is 28.9 Å². The van der Waals surface area contributed by atoms with E-state index < -0.39 is 0 Å². The highest BCUT2D eigenvalue weighted by Crippen LogP contribution is 2.38. The summed E-state index contributed by atoms with van der Waals surface area (Å²) in [4.78, 5) is 12.8. The molecule has 0 heterocycles.